The molecular weight excluding hydrogens is 298 g/mol. The van der Waals surface area contributed by atoms with Crippen LogP contribution in [-0.2, 0) is 17.8 Å². The van der Waals surface area contributed by atoms with Gasteiger partial charge in [-0.2, -0.15) is 0 Å². The zero-order chi connectivity index (χ0) is 15.5. The first-order valence-electron chi connectivity index (χ1n) is 7.01. The molecule has 0 aliphatic heterocycles. The summed E-state index contributed by atoms with van der Waals surface area (Å²) in [7, 11) is 1.62. The highest BCUT2D eigenvalue weighted by Gasteiger charge is 2.11. The van der Waals surface area contributed by atoms with Crippen LogP contribution in [0.2, 0.25) is 0 Å². The lowest BCUT2D eigenvalue weighted by Gasteiger charge is -2.04. The number of fused-ring (bicyclic) bond motifs is 1. The molecule has 0 radical (unpaired) electrons. The maximum absolute atomic E-state index is 12.1. The van der Waals surface area contributed by atoms with Gasteiger partial charge in [0.15, 0.2) is 0 Å². The van der Waals surface area contributed by atoms with Crippen molar-refractivity contribution in [3.63, 3.8) is 0 Å². The summed E-state index contributed by atoms with van der Waals surface area (Å²) in [4.78, 5) is 13.3. The molecule has 0 aliphatic rings. The Kier molecular flexibility index (Phi) is 4.15. The van der Waals surface area contributed by atoms with Crippen molar-refractivity contribution in [2.45, 2.75) is 19.9 Å². The van der Waals surface area contributed by atoms with Gasteiger partial charge in [0.1, 0.15) is 11.3 Å². The van der Waals surface area contributed by atoms with Gasteiger partial charge in [-0.25, -0.2) is 0 Å². The maximum atomic E-state index is 12.1. The quantitative estimate of drug-likeness (QED) is 0.781. The molecule has 2 aromatic heterocycles. The number of methoxy groups -OCH3 is 1. The number of carbonyl (C=O) groups excluding carboxylic acids is 1. The van der Waals surface area contributed by atoms with Crippen molar-refractivity contribution in [2.75, 3.05) is 7.11 Å². The molecule has 0 unspecified atom stereocenters. The molecule has 4 nitrogen and oxygen atoms in total. The van der Waals surface area contributed by atoms with Crippen molar-refractivity contribution >= 4 is 28.2 Å². The predicted octanol–water partition coefficient (Wildman–Crippen LogP) is 3.67. The zero-order valence-corrected chi connectivity index (χ0v) is 13.3. The van der Waals surface area contributed by atoms with E-state index in [2.05, 4.69) is 18.3 Å². The van der Waals surface area contributed by atoms with Gasteiger partial charge < -0.3 is 14.5 Å². The second kappa shape index (κ2) is 6.23. The number of thiophene rings is 1. The van der Waals surface area contributed by atoms with Crippen LogP contribution in [0.5, 0.6) is 5.75 Å². The normalized spacial score (nSPS) is 10.8. The molecule has 0 aliphatic carbocycles. The number of rotatable bonds is 5. The molecule has 1 amide bonds. The first kappa shape index (κ1) is 14.7. The zero-order valence-electron chi connectivity index (χ0n) is 12.5. The van der Waals surface area contributed by atoms with E-state index < -0.39 is 0 Å². The minimum absolute atomic E-state index is 0.00804. The van der Waals surface area contributed by atoms with Gasteiger partial charge in [-0.1, -0.05) is 0 Å². The predicted molar refractivity (Wildman–Crippen MR) is 87.4 cm³/mol. The van der Waals surface area contributed by atoms with Gasteiger partial charge in [-0.15, -0.1) is 11.3 Å². The molecule has 3 rings (SSSR count). The van der Waals surface area contributed by atoms with E-state index in [-0.39, 0.29) is 5.91 Å². The molecule has 1 aromatic carbocycles. The average molecular weight is 315 g/mol. The van der Waals surface area contributed by atoms with Gasteiger partial charge in [0.2, 0.25) is 5.91 Å². The molecule has 0 bridgehead atoms. The number of benzene rings is 1. The van der Waals surface area contributed by atoms with E-state index in [1.54, 1.807) is 24.7 Å². The number of aryl methyl sites for hydroxylation is 1. The summed E-state index contributed by atoms with van der Waals surface area (Å²) in [5.41, 5.74) is 2.83. The highest BCUT2D eigenvalue weighted by molar-refractivity contribution is 7.10. The van der Waals surface area contributed by atoms with Crippen LogP contribution in [0, 0.1) is 6.92 Å². The second-order valence-electron chi connectivity index (χ2n) is 5.10. The van der Waals surface area contributed by atoms with Crippen molar-refractivity contribution in [2.24, 2.45) is 0 Å². The summed E-state index contributed by atoms with van der Waals surface area (Å²) in [6.45, 7) is 2.63. The maximum Gasteiger partial charge on any atom is 0.224 e. The molecule has 3 aromatic rings. The Morgan fingerprint density at radius 2 is 2.23 bits per heavy atom. The number of nitrogens with one attached hydrogen (secondary N) is 1. The van der Waals surface area contributed by atoms with E-state index in [4.69, 9.17) is 9.15 Å². The van der Waals surface area contributed by atoms with Gasteiger partial charge >= 0.3 is 0 Å². The highest BCUT2D eigenvalue weighted by Crippen LogP contribution is 2.25. The smallest absolute Gasteiger partial charge is 0.224 e. The van der Waals surface area contributed by atoms with E-state index in [0.29, 0.717) is 13.0 Å². The Hall–Kier alpha value is -2.27. The van der Waals surface area contributed by atoms with E-state index in [9.17, 15) is 4.79 Å². The molecule has 0 atom stereocenters. The molecule has 22 heavy (non-hydrogen) atoms. The van der Waals surface area contributed by atoms with E-state index in [1.807, 2.05) is 23.6 Å². The van der Waals surface area contributed by atoms with Crippen LogP contribution in [0.25, 0.3) is 11.0 Å². The Balaban J connectivity index is 1.67. The standard InChI is InChI=1S/C17H17NO3S/c1-11-5-6-22-16(11)9-18-17(19)7-12-10-21-15-8-13(20-2)3-4-14(12)15/h3-6,8,10H,7,9H2,1-2H3,(H,18,19). The number of ether oxygens (including phenoxy) is 1. The number of hydrogen-bond acceptors (Lipinski definition) is 4. The van der Waals surface area contributed by atoms with E-state index in [0.717, 1.165) is 22.3 Å². The summed E-state index contributed by atoms with van der Waals surface area (Å²) in [5.74, 6) is 0.734. The lowest BCUT2D eigenvalue weighted by molar-refractivity contribution is -0.120. The molecule has 5 heteroatoms. The summed E-state index contributed by atoms with van der Waals surface area (Å²) in [5, 5.41) is 5.94. The van der Waals surface area contributed by atoms with Gasteiger partial charge in [0.05, 0.1) is 26.3 Å². The van der Waals surface area contributed by atoms with Gasteiger partial charge in [-0.05, 0) is 36.1 Å². The van der Waals surface area contributed by atoms with Crippen molar-refractivity contribution in [3.8, 4) is 5.75 Å². The second-order valence-corrected chi connectivity index (χ2v) is 6.10. The molecule has 1 N–H and O–H groups in total. The topological polar surface area (TPSA) is 51.5 Å². The summed E-state index contributed by atoms with van der Waals surface area (Å²) >= 11 is 1.66. The monoisotopic (exact) mass is 315 g/mol. The third-order valence-electron chi connectivity index (χ3n) is 3.63. The van der Waals surface area contributed by atoms with Crippen molar-refractivity contribution in [3.05, 3.63) is 51.9 Å². The Morgan fingerprint density at radius 3 is 2.95 bits per heavy atom. The van der Waals surface area contributed by atoms with Crippen LogP contribution < -0.4 is 10.1 Å². The molecular formula is C17H17NO3S. The third-order valence-corrected chi connectivity index (χ3v) is 4.65. The number of furan rings is 1. The lowest BCUT2D eigenvalue weighted by Crippen LogP contribution is -2.24. The Morgan fingerprint density at radius 1 is 1.36 bits per heavy atom. The molecule has 0 spiro atoms. The molecule has 0 saturated heterocycles. The van der Waals surface area contributed by atoms with Crippen LogP contribution in [0.15, 0.2) is 40.3 Å². The number of amides is 1. The fourth-order valence-corrected chi connectivity index (χ4v) is 3.17. The minimum Gasteiger partial charge on any atom is -0.497 e. The fourth-order valence-electron chi connectivity index (χ4n) is 2.33. The first-order chi connectivity index (χ1) is 10.7. The number of carbonyl (C=O) groups is 1. The molecule has 0 fully saturated rings. The molecule has 0 saturated carbocycles. The SMILES string of the molecule is COc1ccc2c(CC(=O)NCc3sccc3C)coc2c1. The minimum atomic E-state index is -0.00804. The molecule has 114 valence electrons. The Bertz CT molecular complexity index is 803. The lowest BCUT2D eigenvalue weighted by atomic mass is 10.1. The third kappa shape index (κ3) is 2.99. The summed E-state index contributed by atoms with van der Waals surface area (Å²) in [6, 6.07) is 7.67. The number of hydrogen-bond donors (Lipinski definition) is 1. The summed E-state index contributed by atoms with van der Waals surface area (Å²) in [6.07, 6.45) is 1.95. The van der Waals surface area contributed by atoms with Crippen molar-refractivity contribution in [1.29, 1.82) is 0 Å². The highest BCUT2D eigenvalue weighted by atomic mass is 32.1. The van der Waals surface area contributed by atoms with Crippen LogP contribution in [0.4, 0.5) is 0 Å². The van der Waals surface area contributed by atoms with Crippen LogP contribution in [-0.4, -0.2) is 13.0 Å². The fraction of sp³-hybridized carbons (Fsp3) is 0.235. The van der Waals surface area contributed by atoms with Crippen LogP contribution in [0.3, 0.4) is 0 Å². The van der Waals surface area contributed by atoms with Gasteiger partial charge in [-0.3, -0.25) is 4.79 Å². The van der Waals surface area contributed by atoms with Gasteiger partial charge in [0.25, 0.3) is 0 Å². The Labute approximate surface area is 132 Å². The van der Waals surface area contributed by atoms with E-state index >= 15 is 0 Å². The van der Waals surface area contributed by atoms with Crippen molar-refractivity contribution < 1.29 is 13.9 Å². The van der Waals surface area contributed by atoms with E-state index in [1.165, 1.54) is 10.4 Å². The van der Waals surface area contributed by atoms with Crippen LogP contribution >= 0.6 is 11.3 Å². The van der Waals surface area contributed by atoms with Crippen molar-refractivity contribution in [1.82, 2.24) is 5.32 Å². The van der Waals surface area contributed by atoms with Gasteiger partial charge in [0, 0.05) is 21.9 Å². The average Bonchev–Trinajstić information content (AvgIpc) is 3.11. The first-order valence-corrected chi connectivity index (χ1v) is 7.89. The van der Waals surface area contributed by atoms with Crippen LogP contribution in [0.1, 0.15) is 16.0 Å². The largest absolute Gasteiger partial charge is 0.497 e. The summed E-state index contributed by atoms with van der Waals surface area (Å²) < 4.78 is 10.7. The molecule has 2 heterocycles.